The number of hydrogen-bond acceptors (Lipinski definition) is 4. The van der Waals surface area contributed by atoms with Crippen LogP contribution in [-0.4, -0.2) is 28.2 Å². The summed E-state index contributed by atoms with van der Waals surface area (Å²) in [6.07, 6.45) is 4.07. The highest BCUT2D eigenvalue weighted by molar-refractivity contribution is 7.14. The number of hydrogen-bond donors (Lipinski definition) is 0. The van der Waals surface area contributed by atoms with Gasteiger partial charge < -0.3 is 0 Å². The highest BCUT2D eigenvalue weighted by Gasteiger charge is 2.18. The number of nitrogens with zero attached hydrogens (tertiary/aromatic N) is 3. The lowest BCUT2D eigenvalue weighted by atomic mass is 10.0. The minimum absolute atomic E-state index is 0.514. The summed E-state index contributed by atoms with van der Waals surface area (Å²) in [7, 11) is 0. The van der Waals surface area contributed by atoms with Crippen LogP contribution in [0.1, 0.15) is 42.8 Å². The van der Waals surface area contributed by atoms with Gasteiger partial charge in [-0.2, -0.15) is 0 Å². The Hall–Kier alpha value is -1.26. The predicted octanol–water partition coefficient (Wildman–Crippen LogP) is 4.06. The minimum atomic E-state index is 0.514. The highest BCUT2D eigenvalue weighted by Crippen LogP contribution is 2.28. The number of benzene rings is 1. The molecule has 0 radical (unpaired) electrons. The molecule has 0 unspecified atom stereocenters. The van der Waals surface area contributed by atoms with Gasteiger partial charge in [0.15, 0.2) is 0 Å². The molecule has 4 heteroatoms. The van der Waals surface area contributed by atoms with E-state index in [-0.39, 0.29) is 0 Å². The summed E-state index contributed by atoms with van der Waals surface area (Å²) in [6, 6.07) is 9.35. The van der Waals surface area contributed by atoms with Crippen LogP contribution in [0.5, 0.6) is 0 Å². The maximum atomic E-state index is 4.21. The van der Waals surface area contributed by atoms with Crippen molar-refractivity contribution in [3.63, 3.8) is 0 Å². The van der Waals surface area contributed by atoms with Crippen LogP contribution < -0.4 is 0 Å². The quantitative estimate of drug-likeness (QED) is 0.852. The Kier molecular flexibility index (Phi) is 4.13. The van der Waals surface area contributed by atoms with Crippen molar-refractivity contribution in [3.05, 3.63) is 34.8 Å². The lowest BCUT2D eigenvalue weighted by molar-refractivity contribution is 0.175. The van der Waals surface area contributed by atoms with Crippen LogP contribution in [0.4, 0.5) is 0 Å². The number of aromatic nitrogens is 2. The first kappa shape index (κ1) is 13.7. The first-order valence-corrected chi connectivity index (χ1v) is 8.20. The van der Waals surface area contributed by atoms with Crippen molar-refractivity contribution >= 4 is 11.3 Å². The second kappa shape index (κ2) is 6.02. The number of aryl methyl sites for hydroxylation is 1. The van der Waals surface area contributed by atoms with E-state index >= 15 is 0 Å². The topological polar surface area (TPSA) is 29.0 Å². The van der Waals surface area contributed by atoms with Gasteiger partial charge in [0, 0.05) is 11.6 Å². The molecule has 2 heterocycles. The van der Waals surface area contributed by atoms with Gasteiger partial charge in [-0.1, -0.05) is 42.0 Å². The Morgan fingerprint density at radius 3 is 2.35 bits per heavy atom. The third kappa shape index (κ3) is 2.91. The molecule has 2 aromatic rings. The largest absolute Gasteiger partial charge is 0.297 e. The number of likely N-dealkylation sites (tertiary alicyclic amines) is 1. The molecule has 106 valence electrons. The summed E-state index contributed by atoms with van der Waals surface area (Å²) in [4.78, 5) is 2.59. The molecule has 3 nitrogen and oxygen atoms in total. The van der Waals surface area contributed by atoms with Crippen LogP contribution in [0.25, 0.3) is 10.6 Å². The Bertz CT molecular complexity index is 555. The fraction of sp³-hybridized carbons (Fsp3) is 0.500. The summed E-state index contributed by atoms with van der Waals surface area (Å²) in [5.74, 6) is 0. The SMILES string of the molecule is Cc1nnc(-c2ccc([C@H](C)N3CCCCC3)cc2)s1. The molecular weight excluding hydrogens is 266 g/mol. The van der Waals surface area contributed by atoms with Crippen molar-refractivity contribution in [1.29, 1.82) is 0 Å². The van der Waals surface area contributed by atoms with E-state index in [1.165, 1.54) is 43.5 Å². The van der Waals surface area contributed by atoms with E-state index in [4.69, 9.17) is 0 Å². The van der Waals surface area contributed by atoms with Crippen molar-refractivity contribution in [3.8, 4) is 10.6 Å². The zero-order valence-corrected chi connectivity index (χ0v) is 13.0. The monoisotopic (exact) mass is 287 g/mol. The van der Waals surface area contributed by atoms with Gasteiger partial charge in [0.05, 0.1) is 0 Å². The van der Waals surface area contributed by atoms with E-state index < -0.39 is 0 Å². The molecule has 3 rings (SSSR count). The van der Waals surface area contributed by atoms with Crippen LogP contribution in [0.15, 0.2) is 24.3 Å². The van der Waals surface area contributed by atoms with Gasteiger partial charge in [0.2, 0.25) is 0 Å². The Morgan fingerprint density at radius 1 is 1.05 bits per heavy atom. The Balaban J connectivity index is 1.75. The van der Waals surface area contributed by atoms with Crippen LogP contribution >= 0.6 is 11.3 Å². The third-order valence-corrected chi connectivity index (χ3v) is 4.99. The molecule has 0 N–H and O–H groups in total. The van der Waals surface area contributed by atoms with Gasteiger partial charge in [-0.3, -0.25) is 4.90 Å². The van der Waals surface area contributed by atoms with Gasteiger partial charge in [-0.25, -0.2) is 0 Å². The fourth-order valence-corrected chi connectivity index (χ4v) is 3.53. The standard InChI is InChI=1S/C16H21N3S/c1-12(19-10-4-3-5-11-19)14-6-8-15(9-7-14)16-18-17-13(2)20-16/h6-9,12H,3-5,10-11H2,1-2H3/t12-/m0/s1. The summed E-state index contributed by atoms with van der Waals surface area (Å²) in [6.45, 7) is 6.78. The third-order valence-electron chi connectivity index (χ3n) is 4.10. The van der Waals surface area contributed by atoms with Crippen LogP contribution in [0.3, 0.4) is 0 Å². The van der Waals surface area contributed by atoms with Crippen molar-refractivity contribution in [2.24, 2.45) is 0 Å². The summed E-state index contributed by atoms with van der Waals surface area (Å²) >= 11 is 1.65. The van der Waals surface area contributed by atoms with Gasteiger partial charge in [-0.15, -0.1) is 10.2 Å². The predicted molar refractivity (Wildman–Crippen MR) is 83.9 cm³/mol. The van der Waals surface area contributed by atoms with Gasteiger partial charge in [0.25, 0.3) is 0 Å². The number of rotatable bonds is 3. The molecule has 0 saturated carbocycles. The van der Waals surface area contributed by atoms with Gasteiger partial charge in [-0.05, 0) is 45.3 Å². The first-order chi connectivity index (χ1) is 9.74. The van der Waals surface area contributed by atoms with Gasteiger partial charge >= 0.3 is 0 Å². The molecule has 1 aromatic carbocycles. The van der Waals surface area contributed by atoms with E-state index in [1.807, 2.05) is 6.92 Å². The maximum absolute atomic E-state index is 4.21. The van der Waals surface area contributed by atoms with E-state index in [1.54, 1.807) is 11.3 Å². The average Bonchev–Trinajstić information content (AvgIpc) is 2.94. The Labute approximate surface area is 124 Å². The zero-order chi connectivity index (χ0) is 13.9. The molecule has 1 fully saturated rings. The number of piperidine rings is 1. The molecule has 1 aliphatic rings. The molecule has 20 heavy (non-hydrogen) atoms. The molecule has 0 amide bonds. The smallest absolute Gasteiger partial charge is 0.147 e. The molecule has 0 spiro atoms. The Morgan fingerprint density at radius 2 is 1.75 bits per heavy atom. The lowest BCUT2D eigenvalue weighted by Crippen LogP contribution is -2.32. The molecule has 0 bridgehead atoms. The van der Waals surface area contributed by atoms with E-state index in [9.17, 15) is 0 Å². The van der Waals surface area contributed by atoms with Crippen LogP contribution in [0.2, 0.25) is 0 Å². The molecule has 1 aliphatic heterocycles. The summed E-state index contributed by atoms with van der Waals surface area (Å²) < 4.78 is 0. The normalized spacial score (nSPS) is 18.1. The second-order valence-electron chi connectivity index (χ2n) is 5.52. The van der Waals surface area contributed by atoms with Crippen molar-refractivity contribution in [2.75, 3.05) is 13.1 Å². The average molecular weight is 287 g/mol. The molecule has 1 saturated heterocycles. The lowest BCUT2D eigenvalue weighted by Gasteiger charge is -2.32. The zero-order valence-electron chi connectivity index (χ0n) is 12.2. The van der Waals surface area contributed by atoms with Gasteiger partial charge in [0.1, 0.15) is 10.0 Å². The molecule has 1 atom stereocenters. The summed E-state index contributed by atoms with van der Waals surface area (Å²) in [5, 5.41) is 10.3. The second-order valence-corrected chi connectivity index (χ2v) is 6.70. The van der Waals surface area contributed by atoms with Crippen molar-refractivity contribution < 1.29 is 0 Å². The molecule has 1 aromatic heterocycles. The van der Waals surface area contributed by atoms with E-state index in [0.717, 1.165) is 10.0 Å². The fourth-order valence-electron chi connectivity index (χ4n) is 2.83. The van der Waals surface area contributed by atoms with E-state index in [0.29, 0.717) is 6.04 Å². The molecular formula is C16H21N3S. The highest BCUT2D eigenvalue weighted by atomic mass is 32.1. The maximum Gasteiger partial charge on any atom is 0.147 e. The van der Waals surface area contributed by atoms with Crippen LogP contribution in [0, 0.1) is 6.92 Å². The molecule has 0 aliphatic carbocycles. The summed E-state index contributed by atoms with van der Waals surface area (Å²) in [5.41, 5.74) is 2.57. The van der Waals surface area contributed by atoms with Crippen LogP contribution in [-0.2, 0) is 0 Å². The van der Waals surface area contributed by atoms with Crippen molar-refractivity contribution in [2.45, 2.75) is 39.2 Å². The minimum Gasteiger partial charge on any atom is -0.297 e. The van der Waals surface area contributed by atoms with E-state index in [2.05, 4.69) is 46.3 Å². The first-order valence-electron chi connectivity index (χ1n) is 7.38. The van der Waals surface area contributed by atoms with Crippen molar-refractivity contribution in [1.82, 2.24) is 15.1 Å².